The summed E-state index contributed by atoms with van der Waals surface area (Å²) in [5.41, 5.74) is 6.18. The van der Waals surface area contributed by atoms with E-state index in [1.165, 1.54) is 0 Å². The van der Waals surface area contributed by atoms with E-state index in [1.54, 1.807) is 16.4 Å². The maximum absolute atomic E-state index is 12.8. The number of halogens is 2. The highest BCUT2D eigenvalue weighted by molar-refractivity contribution is 9.11. The number of benzene rings is 1. The van der Waals surface area contributed by atoms with Crippen LogP contribution in [-0.4, -0.2) is 25.8 Å². The second-order valence-electron chi connectivity index (χ2n) is 5.09. The van der Waals surface area contributed by atoms with E-state index < -0.39 is 10.0 Å². The number of nitrogens with two attached hydrogens (primary N) is 1. The fourth-order valence-corrected chi connectivity index (χ4v) is 6.13. The molecule has 1 fully saturated rings. The summed E-state index contributed by atoms with van der Waals surface area (Å²) in [6, 6.07) is 3.34. The van der Waals surface area contributed by atoms with Gasteiger partial charge in [-0.05, 0) is 46.8 Å². The molecule has 1 aliphatic heterocycles. The van der Waals surface area contributed by atoms with Crippen LogP contribution in [-0.2, 0) is 10.0 Å². The van der Waals surface area contributed by atoms with Crippen LogP contribution in [0.4, 0.5) is 5.69 Å². The Bertz CT molecular complexity index is 581. The Kier molecular flexibility index (Phi) is 5.15. The fraction of sp³-hybridized carbons (Fsp3) is 0.538. The molecular formula is C13H18Br2N2O2S. The smallest absolute Gasteiger partial charge is 0.246 e. The zero-order valence-corrected chi connectivity index (χ0v) is 15.3. The molecule has 1 aliphatic rings. The van der Waals surface area contributed by atoms with E-state index in [2.05, 4.69) is 38.8 Å². The molecule has 1 atom stereocenters. The standard InChI is InChI=1S/C13H18Br2N2O2S/c1-2-9-4-3-5-17(8-9)20(18,19)13-11(15)6-10(14)7-12(13)16/h6-7,9H,2-5,8,16H2,1H3. The first-order chi connectivity index (χ1) is 9.36. The molecule has 1 aromatic rings. The minimum Gasteiger partial charge on any atom is -0.398 e. The lowest BCUT2D eigenvalue weighted by Gasteiger charge is -2.32. The van der Waals surface area contributed by atoms with Crippen molar-refractivity contribution < 1.29 is 8.42 Å². The van der Waals surface area contributed by atoms with Gasteiger partial charge in [-0.15, -0.1) is 0 Å². The van der Waals surface area contributed by atoms with Crippen molar-refractivity contribution in [1.29, 1.82) is 0 Å². The number of rotatable bonds is 3. The molecule has 7 heteroatoms. The lowest BCUT2D eigenvalue weighted by molar-refractivity contribution is 0.261. The van der Waals surface area contributed by atoms with Crippen LogP contribution >= 0.6 is 31.9 Å². The molecule has 0 bridgehead atoms. The molecule has 2 N–H and O–H groups in total. The van der Waals surface area contributed by atoms with Gasteiger partial charge in [-0.2, -0.15) is 4.31 Å². The lowest BCUT2D eigenvalue weighted by atomic mass is 9.97. The third-order valence-electron chi connectivity index (χ3n) is 3.69. The van der Waals surface area contributed by atoms with Crippen LogP contribution in [0.5, 0.6) is 0 Å². The highest BCUT2D eigenvalue weighted by Gasteiger charge is 2.32. The molecule has 0 spiro atoms. The van der Waals surface area contributed by atoms with Gasteiger partial charge >= 0.3 is 0 Å². The summed E-state index contributed by atoms with van der Waals surface area (Å²) in [6.07, 6.45) is 3.01. The van der Waals surface area contributed by atoms with Gasteiger partial charge in [-0.25, -0.2) is 8.42 Å². The van der Waals surface area contributed by atoms with E-state index in [4.69, 9.17) is 5.73 Å². The van der Waals surface area contributed by atoms with E-state index >= 15 is 0 Å². The minimum atomic E-state index is -3.54. The highest BCUT2D eigenvalue weighted by atomic mass is 79.9. The van der Waals surface area contributed by atoms with Gasteiger partial charge in [-0.1, -0.05) is 29.3 Å². The molecule has 20 heavy (non-hydrogen) atoms. The van der Waals surface area contributed by atoms with Crippen LogP contribution in [0, 0.1) is 5.92 Å². The zero-order chi connectivity index (χ0) is 14.9. The number of hydrogen-bond donors (Lipinski definition) is 1. The molecule has 0 amide bonds. The van der Waals surface area contributed by atoms with Gasteiger partial charge in [0.25, 0.3) is 0 Å². The summed E-state index contributed by atoms with van der Waals surface area (Å²) in [4.78, 5) is 0.178. The second-order valence-corrected chi connectivity index (χ2v) is 8.73. The third kappa shape index (κ3) is 3.21. The molecular weight excluding hydrogens is 408 g/mol. The van der Waals surface area contributed by atoms with Crippen molar-refractivity contribution in [2.24, 2.45) is 5.92 Å². The van der Waals surface area contributed by atoms with Crippen LogP contribution in [0.15, 0.2) is 26.0 Å². The average Bonchev–Trinajstić information content (AvgIpc) is 2.37. The largest absolute Gasteiger partial charge is 0.398 e. The molecule has 1 saturated heterocycles. The summed E-state index contributed by atoms with van der Waals surface area (Å²) in [5, 5.41) is 0. The van der Waals surface area contributed by atoms with Crippen molar-refractivity contribution in [2.75, 3.05) is 18.8 Å². The van der Waals surface area contributed by atoms with Crippen LogP contribution in [0.25, 0.3) is 0 Å². The number of hydrogen-bond acceptors (Lipinski definition) is 3. The summed E-state index contributed by atoms with van der Waals surface area (Å²) in [5.74, 6) is 0.439. The van der Waals surface area contributed by atoms with E-state index in [0.717, 1.165) is 23.7 Å². The predicted molar refractivity (Wildman–Crippen MR) is 88.0 cm³/mol. The van der Waals surface area contributed by atoms with Crippen molar-refractivity contribution in [1.82, 2.24) is 4.31 Å². The second kappa shape index (κ2) is 6.34. The summed E-state index contributed by atoms with van der Waals surface area (Å²) in [7, 11) is -3.54. The highest BCUT2D eigenvalue weighted by Crippen LogP contribution is 2.35. The molecule has 112 valence electrons. The Morgan fingerprint density at radius 2 is 2.10 bits per heavy atom. The molecule has 4 nitrogen and oxygen atoms in total. The summed E-state index contributed by atoms with van der Waals surface area (Å²) in [6.45, 7) is 3.26. The first-order valence-corrected chi connectivity index (χ1v) is 9.63. The van der Waals surface area contributed by atoms with Gasteiger partial charge in [-0.3, -0.25) is 0 Å². The first kappa shape index (κ1) is 16.3. The Hall–Kier alpha value is -0.110. The number of nitrogens with zero attached hydrogens (tertiary/aromatic N) is 1. The number of anilines is 1. The lowest BCUT2D eigenvalue weighted by Crippen LogP contribution is -2.40. The summed E-state index contributed by atoms with van der Waals surface area (Å²) >= 11 is 6.63. The number of sulfonamides is 1. The molecule has 1 aromatic carbocycles. The van der Waals surface area contributed by atoms with Crippen molar-refractivity contribution in [3.63, 3.8) is 0 Å². The SMILES string of the molecule is CCC1CCCN(S(=O)(=O)c2c(N)cc(Br)cc2Br)C1. The van der Waals surface area contributed by atoms with Crippen molar-refractivity contribution in [2.45, 2.75) is 31.1 Å². The Labute approximate surface area is 137 Å². The maximum atomic E-state index is 12.8. The van der Waals surface area contributed by atoms with Gasteiger partial charge in [0.2, 0.25) is 10.0 Å². The molecule has 0 radical (unpaired) electrons. The van der Waals surface area contributed by atoms with Crippen LogP contribution in [0.3, 0.4) is 0 Å². The minimum absolute atomic E-state index is 0.178. The monoisotopic (exact) mass is 424 g/mol. The number of piperidine rings is 1. The van der Waals surface area contributed by atoms with Gasteiger partial charge in [0.05, 0.1) is 5.69 Å². The van der Waals surface area contributed by atoms with Gasteiger partial charge in [0.15, 0.2) is 0 Å². The van der Waals surface area contributed by atoms with Crippen LogP contribution in [0.2, 0.25) is 0 Å². The fourth-order valence-electron chi connectivity index (χ4n) is 2.56. The van der Waals surface area contributed by atoms with Crippen molar-refractivity contribution in [3.05, 3.63) is 21.1 Å². The molecule has 1 unspecified atom stereocenters. The van der Waals surface area contributed by atoms with E-state index in [-0.39, 0.29) is 10.6 Å². The molecule has 0 saturated carbocycles. The van der Waals surface area contributed by atoms with Gasteiger partial charge in [0, 0.05) is 22.0 Å². The average molecular weight is 426 g/mol. The predicted octanol–water partition coefficient (Wildman–Crippen LogP) is 3.60. The molecule has 0 aliphatic carbocycles. The van der Waals surface area contributed by atoms with Crippen LogP contribution < -0.4 is 5.73 Å². The van der Waals surface area contributed by atoms with E-state index in [0.29, 0.717) is 23.5 Å². The van der Waals surface area contributed by atoms with Crippen molar-refractivity contribution in [3.8, 4) is 0 Å². The quantitative estimate of drug-likeness (QED) is 0.752. The number of nitrogen functional groups attached to an aromatic ring is 1. The van der Waals surface area contributed by atoms with Crippen LogP contribution in [0.1, 0.15) is 26.2 Å². The van der Waals surface area contributed by atoms with Gasteiger partial charge in [0.1, 0.15) is 4.90 Å². The van der Waals surface area contributed by atoms with E-state index in [1.807, 2.05) is 0 Å². The topological polar surface area (TPSA) is 63.4 Å². The zero-order valence-electron chi connectivity index (χ0n) is 11.3. The molecule has 2 rings (SSSR count). The molecule has 0 aromatic heterocycles. The summed E-state index contributed by atoms with van der Waals surface area (Å²) < 4.78 is 28.4. The van der Waals surface area contributed by atoms with Gasteiger partial charge < -0.3 is 5.73 Å². The van der Waals surface area contributed by atoms with E-state index in [9.17, 15) is 8.42 Å². The first-order valence-electron chi connectivity index (χ1n) is 6.61. The normalized spacial score (nSPS) is 21.1. The Morgan fingerprint density at radius 1 is 1.40 bits per heavy atom. The molecule has 1 heterocycles. The third-order valence-corrected chi connectivity index (χ3v) is 7.02. The Balaban J connectivity index is 2.40. The Morgan fingerprint density at radius 3 is 2.70 bits per heavy atom. The van der Waals surface area contributed by atoms with Crippen molar-refractivity contribution >= 4 is 47.6 Å². The maximum Gasteiger partial charge on any atom is 0.246 e.